The van der Waals surface area contributed by atoms with Crippen LogP contribution < -0.4 is 4.72 Å². The molecule has 0 atom stereocenters. The molecule has 0 amide bonds. The Morgan fingerprint density at radius 2 is 2.04 bits per heavy atom. The number of nitrogens with zero attached hydrogens (tertiary/aromatic N) is 2. The van der Waals surface area contributed by atoms with Crippen molar-refractivity contribution in [3.63, 3.8) is 0 Å². The molecule has 0 saturated heterocycles. The van der Waals surface area contributed by atoms with Crippen LogP contribution in [0, 0.1) is 20.8 Å². The van der Waals surface area contributed by atoms with Crippen molar-refractivity contribution in [1.82, 2.24) is 9.78 Å². The largest absolute Gasteiger partial charge is 0.462 e. The summed E-state index contributed by atoms with van der Waals surface area (Å²) in [6.07, 6.45) is 1.43. The first-order valence-corrected chi connectivity index (χ1v) is 9.27. The van der Waals surface area contributed by atoms with E-state index in [2.05, 4.69) is 9.82 Å². The average Bonchev–Trinajstić information content (AvgIpc) is 2.90. The zero-order chi connectivity index (χ0) is 17.4. The third-order valence-electron chi connectivity index (χ3n) is 3.35. The number of hydrogen-bond acceptors (Lipinski definition) is 6. The molecule has 9 heteroatoms. The molecular formula is C14H19N3O4S2. The minimum atomic E-state index is -3.83. The number of carbonyl (C=O) groups is 1. The smallest absolute Gasteiger partial charge is 0.341 e. The molecule has 0 radical (unpaired) electrons. The predicted molar refractivity (Wildman–Crippen MR) is 88.5 cm³/mol. The molecule has 2 heterocycles. The lowest BCUT2D eigenvalue weighted by atomic mass is 10.2. The number of hydrogen-bond donors (Lipinski definition) is 1. The van der Waals surface area contributed by atoms with Crippen molar-refractivity contribution in [3.05, 3.63) is 27.9 Å². The molecule has 0 unspecified atom stereocenters. The average molecular weight is 357 g/mol. The van der Waals surface area contributed by atoms with Crippen LogP contribution in [-0.2, 0) is 21.8 Å². The number of anilines is 1. The molecule has 126 valence electrons. The van der Waals surface area contributed by atoms with Crippen molar-refractivity contribution in [3.8, 4) is 0 Å². The van der Waals surface area contributed by atoms with Crippen LogP contribution in [0.25, 0.3) is 0 Å². The van der Waals surface area contributed by atoms with E-state index in [9.17, 15) is 13.2 Å². The van der Waals surface area contributed by atoms with Gasteiger partial charge >= 0.3 is 5.97 Å². The van der Waals surface area contributed by atoms with Gasteiger partial charge in [-0.1, -0.05) is 0 Å². The van der Waals surface area contributed by atoms with Crippen LogP contribution in [0.5, 0.6) is 0 Å². The van der Waals surface area contributed by atoms with Gasteiger partial charge < -0.3 is 4.74 Å². The fraction of sp³-hybridized carbons (Fsp3) is 0.429. The molecular weight excluding hydrogens is 338 g/mol. The van der Waals surface area contributed by atoms with Gasteiger partial charge in [-0.2, -0.15) is 5.10 Å². The van der Waals surface area contributed by atoms with Gasteiger partial charge in [-0.05, 0) is 33.3 Å². The number of aromatic nitrogens is 2. The standard InChI is InChI=1S/C14H19N3O4S2/c1-6-21-14(18)12-8(2)10(4)22-13(12)16-23(19,20)11-7-17(5)15-9(11)3/h7,16H,6H2,1-5H3. The van der Waals surface area contributed by atoms with Gasteiger partial charge in [0.05, 0.1) is 17.9 Å². The van der Waals surface area contributed by atoms with Gasteiger partial charge in [0.2, 0.25) is 0 Å². The Morgan fingerprint density at radius 1 is 1.39 bits per heavy atom. The summed E-state index contributed by atoms with van der Waals surface area (Å²) in [7, 11) is -2.18. The Morgan fingerprint density at radius 3 is 2.57 bits per heavy atom. The van der Waals surface area contributed by atoms with Gasteiger partial charge in [0, 0.05) is 18.1 Å². The van der Waals surface area contributed by atoms with E-state index in [0.717, 1.165) is 4.88 Å². The predicted octanol–water partition coefficient (Wildman–Crippen LogP) is 2.38. The van der Waals surface area contributed by atoms with E-state index in [-0.39, 0.29) is 22.1 Å². The van der Waals surface area contributed by atoms with E-state index in [4.69, 9.17) is 4.74 Å². The minimum Gasteiger partial charge on any atom is -0.462 e. The lowest BCUT2D eigenvalue weighted by molar-refractivity contribution is 0.0527. The van der Waals surface area contributed by atoms with Gasteiger partial charge in [-0.25, -0.2) is 13.2 Å². The Bertz CT molecular complexity index is 850. The summed E-state index contributed by atoms with van der Waals surface area (Å²) in [5, 5.41) is 4.30. The summed E-state index contributed by atoms with van der Waals surface area (Å²) in [5.74, 6) is -0.532. The molecule has 0 aromatic carbocycles. The van der Waals surface area contributed by atoms with Crippen LogP contribution in [0.15, 0.2) is 11.1 Å². The molecule has 0 saturated carbocycles. The fourth-order valence-electron chi connectivity index (χ4n) is 2.17. The van der Waals surface area contributed by atoms with Crippen molar-refractivity contribution in [2.45, 2.75) is 32.6 Å². The zero-order valence-electron chi connectivity index (χ0n) is 13.6. The molecule has 0 spiro atoms. The molecule has 2 rings (SSSR count). The summed E-state index contributed by atoms with van der Waals surface area (Å²) >= 11 is 1.21. The van der Waals surface area contributed by atoms with Crippen molar-refractivity contribution in [2.75, 3.05) is 11.3 Å². The van der Waals surface area contributed by atoms with E-state index < -0.39 is 16.0 Å². The van der Waals surface area contributed by atoms with Crippen LogP contribution in [0.4, 0.5) is 5.00 Å². The molecule has 0 aliphatic rings. The maximum Gasteiger partial charge on any atom is 0.341 e. The van der Waals surface area contributed by atoms with Crippen LogP contribution in [0.1, 0.15) is 33.4 Å². The highest BCUT2D eigenvalue weighted by molar-refractivity contribution is 7.93. The Kier molecular flexibility index (Phi) is 4.81. The molecule has 2 aromatic rings. The Labute approximate surface area is 139 Å². The number of esters is 1. The third kappa shape index (κ3) is 3.40. The quantitative estimate of drug-likeness (QED) is 0.830. The number of thiophene rings is 1. The lowest BCUT2D eigenvalue weighted by Crippen LogP contribution is -2.16. The van der Waals surface area contributed by atoms with Gasteiger partial charge in [0.25, 0.3) is 10.0 Å². The summed E-state index contributed by atoms with van der Waals surface area (Å²) in [5.41, 5.74) is 1.37. The molecule has 2 aromatic heterocycles. The van der Waals surface area contributed by atoms with E-state index in [1.54, 1.807) is 27.8 Å². The summed E-state index contributed by atoms with van der Waals surface area (Å²) in [4.78, 5) is 13.1. The van der Waals surface area contributed by atoms with Crippen LogP contribution in [0.2, 0.25) is 0 Å². The highest BCUT2D eigenvalue weighted by Gasteiger charge is 2.26. The molecule has 0 aliphatic carbocycles. The number of aryl methyl sites for hydroxylation is 3. The maximum atomic E-state index is 12.6. The molecule has 0 aliphatic heterocycles. The van der Waals surface area contributed by atoms with Crippen LogP contribution in [0.3, 0.4) is 0 Å². The van der Waals surface area contributed by atoms with E-state index >= 15 is 0 Å². The van der Waals surface area contributed by atoms with Crippen LogP contribution >= 0.6 is 11.3 Å². The highest BCUT2D eigenvalue weighted by Crippen LogP contribution is 2.34. The van der Waals surface area contributed by atoms with Crippen LogP contribution in [-0.4, -0.2) is 30.8 Å². The molecule has 23 heavy (non-hydrogen) atoms. The zero-order valence-corrected chi connectivity index (χ0v) is 15.3. The lowest BCUT2D eigenvalue weighted by Gasteiger charge is -2.08. The normalized spacial score (nSPS) is 11.5. The Hall–Kier alpha value is -1.87. The number of nitrogens with one attached hydrogen (secondary N) is 1. The van der Waals surface area contributed by atoms with Gasteiger partial charge in [0.15, 0.2) is 0 Å². The monoisotopic (exact) mass is 357 g/mol. The SMILES string of the molecule is CCOC(=O)c1c(NS(=O)(=O)c2cn(C)nc2C)sc(C)c1C. The first-order chi connectivity index (χ1) is 10.7. The van der Waals surface area contributed by atoms with Gasteiger partial charge in [-0.3, -0.25) is 9.40 Å². The first kappa shape index (κ1) is 17.5. The van der Waals surface area contributed by atoms with Crippen molar-refractivity contribution < 1.29 is 17.9 Å². The summed E-state index contributed by atoms with van der Waals surface area (Å²) in [6, 6.07) is 0. The summed E-state index contributed by atoms with van der Waals surface area (Å²) < 4.78 is 34.1. The van der Waals surface area contributed by atoms with E-state index in [1.165, 1.54) is 22.2 Å². The highest BCUT2D eigenvalue weighted by atomic mass is 32.2. The number of carbonyl (C=O) groups excluding carboxylic acids is 1. The Balaban J connectivity index is 2.46. The van der Waals surface area contributed by atoms with E-state index in [1.807, 2.05) is 6.92 Å². The van der Waals surface area contributed by atoms with Gasteiger partial charge in [-0.15, -0.1) is 11.3 Å². The molecule has 1 N–H and O–H groups in total. The maximum absolute atomic E-state index is 12.6. The fourth-order valence-corrected chi connectivity index (χ4v) is 4.74. The van der Waals surface area contributed by atoms with E-state index in [0.29, 0.717) is 11.3 Å². The van der Waals surface area contributed by atoms with Crippen molar-refractivity contribution in [2.24, 2.45) is 7.05 Å². The topological polar surface area (TPSA) is 90.3 Å². The molecule has 7 nitrogen and oxygen atoms in total. The third-order valence-corrected chi connectivity index (χ3v) is 6.05. The number of sulfonamides is 1. The molecule has 0 fully saturated rings. The second-order valence-electron chi connectivity index (χ2n) is 5.07. The minimum absolute atomic E-state index is 0.0820. The number of rotatable bonds is 5. The van der Waals surface area contributed by atoms with Crippen molar-refractivity contribution >= 4 is 32.3 Å². The first-order valence-electron chi connectivity index (χ1n) is 6.97. The summed E-state index contributed by atoms with van der Waals surface area (Å²) in [6.45, 7) is 7.14. The number of ether oxygens (including phenoxy) is 1. The van der Waals surface area contributed by atoms with Crippen molar-refractivity contribution in [1.29, 1.82) is 0 Å². The molecule has 0 bridgehead atoms. The van der Waals surface area contributed by atoms with Gasteiger partial charge in [0.1, 0.15) is 9.90 Å². The second-order valence-corrected chi connectivity index (χ2v) is 7.94. The second kappa shape index (κ2) is 6.32.